The van der Waals surface area contributed by atoms with E-state index in [1.807, 2.05) is 20.9 Å². The van der Waals surface area contributed by atoms with Gasteiger partial charge in [0.1, 0.15) is 11.6 Å². The molecule has 0 spiro atoms. The zero-order valence-corrected chi connectivity index (χ0v) is 17.1. The minimum absolute atomic E-state index is 0.116. The molecule has 0 amide bonds. The minimum atomic E-state index is -3.60. The number of hydrogen-bond acceptors (Lipinski definition) is 8. The summed E-state index contributed by atoms with van der Waals surface area (Å²) in [4.78, 5) is 19.7. The van der Waals surface area contributed by atoms with Crippen LogP contribution in [0.25, 0.3) is 0 Å². The van der Waals surface area contributed by atoms with Gasteiger partial charge in [-0.1, -0.05) is 0 Å². The molecule has 0 bridgehead atoms. The SMILES string of the molecule is Cc1nn(C)c(Nc2ccnc(Nc3cc(C(=O)O)cc(S(C)(=O)=O)c3)n2)c1C. The third-order valence-electron chi connectivity index (χ3n) is 4.26. The van der Waals surface area contributed by atoms with Crippen molar-refractivity contribution in [2.75, 3.05) is 16.9 Å². The summed E-state index contributed by atoms with van der Waals surface area (Å²) in [5.74, 6) is 0.205. The lowest BCUT2D eigenvalue weighted by Crippen LogP contribution is -2.06. The van der Waals surface area contributed by atoms with Crippen LogP contribution in [-0.2, 0) is 16.9 Å². The van der Waals surface area contributed by atoms with E-state index in [0.717, 1.165) is 29.4 Å². The van der Waals surface area contributed by atoms with Crippen LogP contribution in [0.15, 0.2) is 35.4 Å². The molecule has 10 nitrogen and oxygen atoms in total. The first-order valence-corrected chi connectivity index (χ1v) is 10.4. The molecule has 3 aromatic rings. The van der Waals surface area contributed by atoms with E-state index >= 15 is 0 Å². The van der Waals surface area contributed by atoms with E-state index in [0.29, 0.717) is 5.82 Å². The Labute approximate surface area is 167 Å². The highest BCUT2D eigenvalue weighted by molar-refractivity contribution is 7.90. The molecular formula is C18H20N6O4S. The molecular weight excluding hydrogens is 396 g/mol. The van der Waals surface area contributed by atoms with Crippen molar-refractivity contribution >= 4 is 39.1 Å². The molecule has 2 heterocycles. The van der Waals surface area contributed by atoms with Crippen LogP contribution in [0, 0.1) is 13.8 Å². The Morgan fingerprint density at radius 2 is 1.90 bits per heavy atom. The largest absolute Gasteiger partial charge is 0.478 e. The fraction of sp³-hybridized carbons (Fsp3) is 0.222. The Morgan fingerprint density at radius 3 is 2.48 bits per heavy atom. The van der Waals surface area contributed by atoms with Gasteiger partial charge >= 0.3 is 5.97 Å². The zero-order valence-electron chi connectivity index (χ0n) is 16.3. The van der Waals surface area contributed by atoms with E-state index in [4.69, 9.17) is 0 Å². The number of nitrogens with zero attached hydrogens (tertiary/aromatic N) is 4. The topological polar surface area (TPSA) is 139 Å². The number of anilines is 4. The highest BCUT2D eigenvalue weighted by Crippen LogP contribution is 2.24. The summed E-state index contributed by atoms with van der Waals surface area (Å²) >= 11 is 0. The molecule has 0 saturated heterocycles. The first kappa shape index (κ1) is 20.3. The van der Waals surface area contributed by atoms with Crippen LogP contribution in [0.5, 0.6) is 0 Å². The van der Waals surface area contributed by atoms with Crippen molar-refractivity contribution in [3.05, 3.63) is 47.3 Å². The number of aromatic carboxylic acids is 1. The van der Waals surface area contributed by atoms with Crippen molar-refractivity contribution in [3.8, 4) is 0 Å². The molecule has 152 valence electrons. The van der Waals surface area contributed by atoms with Crippen LogP contribution >= 0.6 is 0 Å². The van der Waals surface area contributed by atoms with Gasteiger partial charge in [0.05, 0.1) is 16.2 Å². The lowest BCUT2D eigenvalue weighted by molar-refractivity contribution is 0.0696. The van der Waals surface area contributed by atoms with Gasteiger partial charge in [0.2, 0.25) is 5.95 Å². The molecule has 1 aromatic carbocycles. The summed E-state index contributed by atoms with van der Waals surface area (Å²) in [6.07, 6.45) is 2.53. The molecule has 2 aromatic heterocycles. The van der Waals surface area contributed by atoms with Gasteiger partial charge in [0.15, 0.2) is 9.84 Å². The Bertz CT molecular complexity index is 1200. The van der Waals surface area contributed by atoms with Gasteiger partial charge in [-0.05, 0) is 38.1 Å². The second-order valence-electron chi connectivity index (χ2n) is 6.52. The van der Waals surface area contributed by atoms with E-state index in [-0.39, 0.29) is 22.1 Å². The maximum absolute atomic E-state index is 11.9. The maximum Gasteiger partial charge on any atom is 0.335 e. The van der Waals surface area contributed by atoms with Crippen LogP contribution in [0.4, 0.5) is 23.3 Å². The van der Waals surface area contributed by atoms with Crippen molar-refractivity contribution in [1.29, 1.82) is 0 Å². The molecule has 29 heavy (non-hydrogen) atoms. The van der Waals surface area contributed by atoms with Crippen molar-refractivity contribution in [2.45, 2.75) is 18.7 Å². The highest BCUT2D eigenvalue weighted by atomic mass is 32.2. The monoisotopic (exact) mass is 416 g/mol. The summed E-state index contributed by atoms with van der Waals surface area (Å²) in [5.41, 5.74) is 1.95. The number of nitrogens with one attached hydrogen (secondary N) is 2. The molecule has 0 aliphatic carbocycles. The number of carbonyl (C=O) groups is 1. The average molecular weight is 416 g/mol. The predicted octanol–water partition coefficient (Wildman–Crippen LogP) is 2.42. The number of aryl methyl sites for hydroxylation is 2. The number of carboxylic acids is 1. The first-order valence-electron chi connectivity index (χ1n) is 8.50. The van der Waals surface area contributed by atoms with Crippen LogP contribution in [-0.4, -0.2) is 45.5 Å². The predicted molar refractivity (Wildman–Crippen MR) is 108 cm³/mol. The van der Waals surface area contributed by atoms with E-state index in [1.54, 1.807) is 10.7 Å². The van der Waals surface area contributed by atoms with Gasteiger partial charge in [-0.2, -0.15) is 10.1 Å². The molecule has 0 fully saturated rings. The Kier molecular flexibility index (Phi) is 5.25. The maximum atomic E-state index is 11.9. The summed E-state index contributed by atoms with van der Waals surface area (Å²) in [6.45, 7) is 3.84. The first-order chi connectivity index (χ1) is 13.5. The Morgan fingerprint density at radius 1 is 1.17 bits per heavy atom. The fourth-order valence-electron chi connectivity index (χ4n) is 2.69. The van der Waals surface area contributed by atoms with Crippen molar-refractivity contribution in [1.82, 2.24) is 19.7 Å². The van der Waals surface area contributed by atoms with Crippen molar-refractivity contribution in [2.24, 2.45) is 7.05 Å². The van der Waals surface area contributed by atoms with E-state index < -0.39 is 15.8 Å². The molecule has 3 rings (SSSR count). The van der Waals surface area contributed by atoms with Gasteiger partial charge in [-0.15, -0.1) is 0 Å². The lowest BCUT2D eigenvalue weighted by atomic mass is 10.2. The molecule has 0 radical (unpaired) electrons. The molecule has 0 aliphatic heterocycles. The van der Waals surface area contributed by atoms with Crippen LogP contribution in [0.2, 0.25) is 0 Å². The molecule has 3 N–H and O–H groups in total. The smallest absolute Gasteiger partial charge is 0.335 e. The summed E-state index contributed by atoms with van der Waals surface area (Å²) in [7, 11) is -1.78. The molecule has 0 atom stereocenters. The number of carboxylic acid groups (broad SMARTS) is 1. The number of aromatic nitrogens is 4. The summed E-state index contributed by atoms with van der Waals surface area (Å²) in [6, 6.07) is 5.42. The third-order valence-corrected chi connectivity index (χ3v) is 5.35. The van der Waals surface area contributed by atoms with Crippen LogP contribution in [0.3, 0.4) is 0 Å². The highest BCUT2D eigenvalue weighted by Gasteiger charge is 2.15. The van der Waals surface area contributed by atoms with E-state index in [1.165, 1.54) is 18.3 Å². The molecule has 0 unspecified atom stereocenters. The average Bonchev–Trinajstić information content (AvgIpc) is 2.87. The fourth-order valence-corrected chi connectivity index (χ4v) is 3.37. The van der Waals surface area contributed by atoms with E-state index in [9.17, 15) is 18.3 Å². The van der Waals surface area contributed by atoms with Crippen molar-refractivity contribution in [3.63, 3.8) is 0 Å². The molecule has 0 aliphatic rings. The second-order valence-corrected chi connectivity index (χ2v) is 8.54. The zero-order chi connectivity index (χ0) is 21.3. The van der Waals surface area contributed by atoms with Gasteiger partial charge in [-0.3, -0.25) is 4.68 Å². The molecule has 11 heteroatoms. The molecule has 0 saturated carbocycles. The van der Waals surface area contributed by atoms with Gasteiger partial charge in [-0.25, -0.2) is 18.2 Å². The number of hydrogen-bond donors (Lipinski definition) is 3. The lowest BCUT2D eigenvalue weighted by Gasteiger charge is -2.11. The Balaban J connectivity index is 1.92. The second kappa shape index (κ2) is 7.51. The van der Waals surface area contributed by atoms with Gasteiger partial charge in [0, 0.05) is 30.8 Å². The van der Waals surface area contributed by atoms with Crippen LogP contribution in [0.1, 0.15) is 21.6 Å². The summed E-state index contributed by atoms with van der Waals surface area (Å²) in [5, 5.41) is 19.6. The van der Waals surface area contributed by atoms with Crippen molar-refractivity contribution < 1.29 is 18.3 Å². The van der Waals surface area contributed by atoms with E-state index in [2.05, 4.69) is 25.7 Å². The van der Waals surface area contributed by atoms with Gasteiger partial charge < -0.3 is 15.7 Å². The third kappa shape index (κ3) is 4.51. The quantitative estimate of drug-likeness (QED) is 0.552. The Hall–Kier alpha value is -3.47. The number of rotatable bonds is 6. The van der Waals surface area contributed by atoms with Crippen LogP contribution < -0.4 is 10.6 Å². The number of sulfone groups is 1. The normalized spacial score (nSPS) is 11.3. The van der Waals surface area contributed by atoms with Gasteiger partial charge in [0.25, 0.3) is 0 Å². The summed E-state index contributed by atoms with van der Waals surface area (Å²) < 4.78 is 25.4. The standard InChI is InChI=1S/C18H20N6O4S/c1-10-11(2)23-24(3)16(10)21-15-5-6-19-18(22-15)20-13-7-12(17(25)26)8-14(9-13)29(4,27)28/h5-9H,1-4H3,(H,25,26)(H2,19,20,21,22). The minimum Gasteiger partial charge on any atom is -0.478 e. The number of benzene rings is 1.